The number of thiocarbonyl (C=S) groups is 1. The third-order valence-electron chi connectivity index (χ3n) is 3.31. The smallest absolute Gasteiger partial charge is 0.176 e. The molecule has 0 saturated carbocycles. The zero-order valence-electron chi connectivity index (χ0n) is 12.5. The molecular formula is C18H13ClFN3S. The second-order valence-electron chi connectivity index (χ2n) is 4.97. The van der Waals surface area contributed by atoms with Gasteiger partial charge in [-0.05, 0) is 42.5 Å². The van der Waals surface area contributed by atoms with Crippen LogP contribution in [0.15, 0.2) is 66.9 Å². The Bertz CT molecular complexity index is 868. The van der Waals surface area contributed by atoms with Crippen molar-refractivity contribution in [3.8, 4) is 11.1 Å². The number of anilines is 2. The van der Waals surface area contributed by atoms with Crippen molar-refractivity contribution in [2.24, 2.45) is 0 Å². The van der Waals surface area contributed by atoms with Crippen LogP contribution < -0.4 is 10.6 Å². The second-order valence-corrected chi connectivity index (χ2v) is 5.79. The normalized spacial score (nSPS) is 10.2. The molecule has 0 radical (unpaired) electrons. The number of halogens is 2. The molecule has 1 heterocycles. The van der Waals surface area contributed by atoms with Crippen molar-refractivity contribution in [3.05, 3.63) is 77.7 Å². The van der Waals surface area contributed by atoms with Gasteiger partial charge < -0.3 is 10.6 Å². The molecule has 3 nitrogen and oxygen atoms in total. The van der Waals surface area contributed by atoms with E-state index in [2.05, 4.69) is 15.6 Å². The maximum Gasteiger partial charge on any atom is 0.176 e. The van der Waals surface area contributed by atoms with Crippen LogP contribution in [-0.2, 0) is 0 Å². The Morgan fingerprint density at radius 3 is 2.42 bits per heavy atom. The molecule has 0 aliphatic carbocycles. The van der Waals surface area contributed by atoms with Crippen LogP contribution in [0.5, 0.6) is 0 Å². The highest BCUT2D eigenvalue weighted by Gasteiger charge is 2.06. The van der Waals surface area contributed by atoms with Gasteiger partial charge in [0.05, 0.1) is 5.69 Å². The Labute approximate surface area is 149 Å². The summed E-state index contributed by atoms with van der Waals surface area (Å²) in [5, 5.41) is 6.64. The van der Waals surface area contributed by atoms with Gasteiger partial charge in [-0.2, -0.15) is 0 Å². The topological polar surface area (TPSA) is 37.0 Å². The number of pyridine rings is 1. The van der Waals surface area contributed by atoms with E-state index >= 15 is 0 Å². The molecule has 0 saturated heterocycles. The molecule has 2 N–H and O–H groups in total. The van der Waals surface area contributed by atoms with E-state index in [-0.39, 0.29) is 10.9 Å². The summed E-state index contributed by atoms with van der Waals surface area (Å²) in [6.45, 7) is 0. The molecule has 3 aromatic rings. The summed E-state index contributed by atoms with van der Waals surface area (Å²) < 4.78 is 13.6. The van der Waals surface area contributed by atoms with Crippen LogP contribution in [0, 0.1) is 5.82 Å². The van der Waals surface area contributed by atoms with Gasteiger partial charge in [-0.25, -0.2) is 9.37 Å². The van der Waals surface area contributed by atoms with Gasteiger partial charge in [-0.3, -0.25) is 0 Å². The van der Waals surface area contributed by atoms with E-state index in [1.54, 1.807) is 30.5 Å². The van der Waals surface area contributed by atoms with Crippen LogP contribution in [0.4, 0.5) is 15.9 Å². The van der Waals surface area contributed by atoms with Gasteiger partial charge in [0.25, 0.3) is 0 Å². The SMILES string of the molecule is Fc1ccccc1NC(=S)Nc1ccc(-c2ccccc2Cl)cn1. The molecule has 120 valence electrons. The highest BCUT2D eigenvalue weighted by molar-refractivity contribution is 7.80. The lowest BCUT2D eigenvalue weighted by molar-refractivity contribution is 0.632. The largest absolute Gasteiger partial charge is 0.330 e. The van der Waals surface area contributed by atoms with E-state index in [9.17, 15) is 4.39 Å². The number of hydrogen-bond acceptors (Lipinski definition) is 2. The molecule has 0 bridgehead atoms. The number of benzene rings is 2. The third kappa shape index (κ3) is 3.88. The van der Waals surface area contributed by atoms with Crippen LogP contribution in [0.3, 0.4) is 0 Å². The van der Waals surface area contributed by atoms with Gasteiger partial charge in [0.1, 0.15) is 11.6 Å². The summed E-state index contributed by atoms with van der Waals surface area (Å²) in [4.78, 5) is 4.31. The highest BCUT2D eigenvalue weighted by Crippen LogP contribution is 2.27. The quantitative estimate of drug-likeness (QED) is 0.619. The molecule has 0 aliphatic heterocycles. The van der Waals surface area contributed by atoms with Crippen molar-refractivity contribution in [1.29, 1.82) is 0 Å². The second kappa shape index (κ2) is 7.38. The van der Waals surface area contributed by atoms with Gasteiger partial charge in [-0.15, -0.1) is 0 Å². The Balaban J connectivity index is 1.69. The Morgan fingerprint density at radius 1 is 0.958 bits per heavy atom. The summed E-state index contributed by atoms with van der Waals surface area (Å²) >= 11 is 11.4. The lowest BCUT2D eigenvalue weighted by Crippen LogP contribution is -2.20. The molecular weight excluding hydrogens is 345 g/mol. The lowest BCUT2D eigenvalue weighted by atomic mass is 10.1. The minimum Gasteiger partial charge on any atom is -0.330 e. The molecule has 0 amide bonds. The average molecular weight is 358 g/mol. The highest BCUT2D eigenvalue weighted by atomic mass is 35.5. The first kappa shape index (κ1) is 16.4. The minimum absolute atomic E-state index is 0.262. The van der Waals surface area contributed by atoms with Gasteiger partial charge in [0.15, 0.2) is 5.11 Å². The van der Waals surface area contributed by atoms with Gasteiger partial charge in [0, 0.05) is 22.3 Å². The lowest BCUT2D eigenvalue weighted by Gasteiger charge is -2.11. The zero-order chi connectivity index (χ0) is 16.9. The fourth-order valence-corrected chi connectivity index (χ4v) is 2.61. The predicted octanol–water partition coefficient (Wildman–Crippen LogP) is 5.35. The molecule has 24 heavy (non-hydrogen) atoms. The first-order valence-corrected chi connectivity index (χ1v) is 7.95. The Kier molecular flexibility index (Phi) is 5.03. The summed E-state index contributed by atoms with van der Waals surface area (Å²) in [7, 11) is 0. The summed E-state index contributed by atoms with van der Waals surface area (Å²) in [6, 6.07) is 17.5. The van der Waals surface area contributed by atoms with Crippen molar-refractivity contribution in [2.45, 2.75) is 0 Å². The maximum absolute atomic E-state index is 13.6. The van der Waals surface area contributed by atoms with Crippen molar-refractivity contribution in [1.82, 2.24) is 4.98 Å². The van der Waals surface area contributed by atoms with Crippen LogP contribution in [0.1, 0.15) is 0 Å². The van der Waals surface area contributed by atoms with Crippen LogP contribution in [0.2, 0.25) is 5.02 Å². The van der Waals surface area contributed by atoms with E-state index < -0.39 is 0 Å². The molecule has 6 heteroatoms. The van der Waals surface area contributed by atoms with E-state index in [1.165, 1.54) is 6.07 Å². The number of nitrogens with one attached hydrogen (secondary N) is 2. The molecule has 2 aromatic carbocycles. The predicted molar refractivity (Wildman–Crippen MR) is 101 cm³/mol. The Morgan fingerprint density at radius 2 is 1.71 bits per heavy atom. The fourth-order valence-electron chi connectivity index (χ4n) is 2.15. The number of aromatic nitrogens is 1. The molecule has 0 atom stereocenters. The summed E-state index contributed by atoms with van der Waals surface area (Å²) in [6.07, 6.45) is 1.70. The molecule has 0 spiro atoms. The number of nitrogens with zero attached hydrogens (tertiary/aromatic N) is 1. The van der Waals surface area contributed by atoms with Crippen molar-refractivity contribution < 1.29 is 4.39 Å². The third-order valence-corrected chi connectivity index (χ3v) is 3.85. The van der Waals surface area contributed by atoms with Crippen molar-refractivity contribution in [2.75, 3.05) is 10.6 Å². The Hall–Kier alpha value is -2.50. The standard InChI is InChI=1S/C18H13ClFN3S/c19-14-6-2-1-5-13(14)12-9-10-17(21-11-12)23-18(24)22-16-8-4-3-7-15(16)20/h1-11H,(H2,21,22,23,24). The molecule has 0 aliphatic rings. The van der Waals surface area contributed by atoms with E-state index in [4.69, 9.17) is 23.8 Å². The minimum atomic E-state index is -0.372. The van der Waals surface area contributed by atoms with Gasteiger partial charge in [-0.1, -0.05) is 41.9 Å². The summed E-state index contributed by atoms with van der Waals surface area (Å²) in [5.41, 5.74) is 2.12. The van der Waals surface area contributed by atoms with E-state index in [1.807, 2.05) is 30.3 Å². The van der Waals surface area contributed by atoms with Gasteiger partial charge in [0.2, 0.25) is 0 Å². The first-order valence-electron chi connectivity index (χ1n) is 7.17. The summed E-state index contributed by atoms with van der Waals surface area (Å²) in [5.74, 6) is 0.184. The van der Waals surface area contributed by atoms with E-state index in [0.717, 1.165) is 11.1 Å². The molecule has 0 unspecified atom stereocenters. The maximum atomic E-state index is 13.6. The first-order chi connectivity index (χ1) is 11.6. The molecule has 0 fully saturated rings. The number of rotatable bonds is 3. The molecule has 3 rings (SSSR count). The fraction of sp³-hybridized carbons (Fsp3) is 0. The monoisotopic (exact) mass is 357 g/mol. The van der Waals surface area contributed by atoms with Crippen molar-refractivity contribution >= 4 is 40.4 Å². The van der Waals surface area contributed by atoms with E-state index in [0.29, 0.717) is 16.5 Å². The van der Waals surface area contributed by atoms with Crippen molar-refractivity contribution in [3.63, 3.8) is 0 Å². The van der Waals surface area contributed by atoms with Crippen LogP contribution in [0.25, 0.3) is 11.1 Å². The zero-order valence-corrected chi connectivity index (χ0v) is 14.0. The van der Waals surface area contributed by atoms with Crippen LogP contribution >= 0.6 is 23.8 Å². The van der Waals surface area contributed by atoms with Crippen LogP contribution in [-0.4, -0.2) is 10.1 Å². The van der Waals surface area contributed by atoms with Gasteiger partial charge >= 0.3 is 0 Å². The average Bonchev–Trinajstić information content (AvgIpc) is 2.58. The molecule has 1 aromatic heterocycles. The number of para-hydroxylation sites is 1. The number of hydrogen-bond donors (Lipinski definition) is 2.